The van der Waals surface area contributed by atoms with Crippen LogP contribution in [0.25, 0.3) is 0 Å². The van der Waals surface area contributed by atoms with E-state index in [4.69, 9.17) is 0 Å². The Morgan fingerprint density at radius 3 is 2.28 bits per heavy atom. The maximum atomic E-state index is 13.1. The molecule has 0 amide bonds. The number of piperazine rings is 1. The molecule has 4 rings (SSSR count). The topological polar surface area (TPSA) is 113 Å². The van der Waals surface area contributed by atoms with Gasteiger partial charge in [-0.2, -0.15) is 45.6 Å². The molecule has 0 aliphatic carbocycles. The van der Waals surface area contributed by atoms with E-state index in [-0.39, 0.29) is 29.9 Å². The molecular weight excluding hydrogens is 604 g/mol. The number of alkyl halides is 6. The van der Waals surface area contributed by atoms with Crippen LogP contribution in [0.2, 0.25) is 0 Å². The van der Waals surface area contributed by atoms with Gasteiger partial charge in [0.1, 0.15) is 0 Å². The van der Waals surface area contributed by atoms with Crippen molar-refractivity contribution in [1.82, 2.24) is 19.3 Å². The summed E-state index contributed by atoms with van der Waals surface area (Å²) < 4.78 is 108. The SMILES string of the molecule is CCCS(=O)(=O)N1CCN(c2cccc(CNc3nc(Nc4cccc(C(F)(F)F)c4)nc(OCC(F)(F)F)n3)c2)CC1. The third-order valence-electron chi connectivity index (χ3n) is 6.25. The standard InChI is InChI=1S/C26H29F6N7O3S/c1-2-13-43(40,41)39-11-9-38(10-12-39)21-8-3-5-18(14-21)16-33-22-35-23(37-24(36-22)42-17-25(27,28)29)34-20-7-4-6-19(15-20)26(30,31)32/h3-8,14-15H,2,9-13,16-17H2,1H3,(H2,33,34,35,36,37). The van der Waals surface area contributed by atoms with Crippen LogP contribution in [0.3, 0.4) is 0 Å². The van der Waals surface area contributed by atoms with Crippen molar-refractivity contribution in [2.75, 3.05) is 54.1 Å². The van der Waals surface area contributed by atoms with Gasteiger partial charge in [-0.25, -0.2) is 8.42 Å². The average Bonchev–Trinajstić information content (AvgIpc) is 2.94. The van der Waals surface area contributed by atoms with Crippen LogP contribution >= 0.6 is 0 Å². The van der Waals surface area contributed by atoms with Crippen LogP contribution in [-0.2, 0) is 22.7 Å². The summed E-state index contributed by atoms with van der Waals surface area (Å²) >= 11 is 0. The van der Waals surface area contributed by atoms with Crippen molar-refractivity contribution in [2.45, 2.75) is 32.2 Å². The minimum atomic E-state index is -4.68. The highest BCUT2D eigenvalue weighted by Gasteiger charge is 2.31. The van der Waals surface area contributed by atoms with Gasteiger partial charge in [0.05, 0.1) is 11.3 Å². The molecule has 0 unspecified atom stereocenters. The van der Waals surface area contributed by atoms with E-state index in [1.165, 1.54) is 10.4 Å². The van der Waals surface area contributed by atoms with Gasteiger partial charge in [0, 0.05) is 44.1 Å². The Hall–Kier alpha value is -3.86. The van der Waals surface area contributed by atoms with Gasteiger partial charge in [-0.05, 0) is 42.3 Å². The number of anilines is 4. The Bertz CT molecular complexity index is 1500. The van der Waals surface area contributed by atoms with Gasteiger partial charge in [-0.3, -0.25) is 0 Å². The fraction of sp³-hybridized carbons (Fsp3) is 0.423. The zero-order valence-electron chi connectivity index (χ0n) is 22.9. The van der Waals surface area contributed by atoms with Gasteiger partial charge < -0.3 is 20.3 Å². The number of hydrogen-bond donors (Lipinski definition) is 2. The fourth-order valence-electron chi connectivity index (χ4n) is 4.26. The van der Waals surface area contributed by atoms with Crippen molar-refractivity contribution in [2.24, 2.45) is 0 Å². The molecule has 0 atom stereocenters. The van der Waals surface area contributed by atoms with Crippen LogP contribution in [0.1, 0.15) is 24.5 Å². The molecule has 0 spiro atoms. The molecule has 2 aromatic carbocycles. The Labute approximate surface area is 244 Å². The van der Waals surface area contributed by atoms with Crippen LogP contribution in [0.15, 0.2) is 48.5 Å². The molecule has 0 saturated carbocycles. The maximum Gasteiger partial charge on any atom is 0.422 e. The normalized spacial score (nSPS) is 14.9. The lowest BCUT2D eigenvalue weighted by atomic mass is 10.1. The van der Waals surface area contributed by atoms with Gasteiger partial charge in [0.25, 0.3) is 0 Å². The van der Waals surface area contributed by atoms with Gasteiger partial charge in [-0.1, -0.05) is 25.1 Å². The van der Waals surface area contributed by atoms with Crippen molar-refractivity contribution in [1.29, 1.82) is 0 Å². The predicted octanol–water partition coefficient (Wildman–Crippen LogP) is 5.05. The zero-order valence-corrected chi connectivity index (χ0v) is 23.7. The van der Waals surface area contributed by atoms with Crippen molar-refractivity contribution in [3.05, 3.63) is 59.7 Å². The number of halogens is 6. The Morgan fingerprint density at radius 1 is 0.907 bits per heavy atom. The smallest absolute Gasteiger partial charge is 0.422 e. The van der Waals surface area contributed by atoms with E-state index < -0.39 is 40.6 Å². The molecule has 2 N–H and O–H groups in total. The number of sulfonamides is 1. The highest BCUT2D eigenvalue weighted by atomic mass is 32.2. The second-order valence-electron chi connectivity index (χ2n) is 9.60. The van der Waals surface area contributed by atoms with E-state index in [2.05, 4.69) is 30.3 Å². The molecule has 1 aliphatic rings. The van der Waals surface area contributed by atoms with Gasteiger partial charge in [-0.15, -0.1) is 0 Å². The van der Waals surface area contributed by atoms with Gasteiger partial charge in [0.15, 0.2) is 6.61 Å². The average molecular weight is 634 g/mol. The summed E-state index contributed by atoms with van der Waals surface area (Å²) in [5.41, 5.74) is 0.610. The summed E-state index contributed by atoms with van der Waals surface area (Å²) in [4.78, 5) is 13.7. The number of rotatable bonds is 11. The van der Waals surface area contributed by atoms with Crippen LogP contribution in [0, 0.1) is 0 Å². The number of aromatic nitrogens is 3. The fourth-order valence-corrected chi connectivity index (χ4v) is 5.75. The summed E-state index contributed by atoms with van der Waals surface area (Å²) in [5.74, 6) is -0.411. The van der Waals surface area contributed by atoms with Gasteiger partial charge in [0.2, 0.25) is 21.9 Å². The predicted molar refractivity (Wildman–Crippen MR) is 148 cm³/mol. The third-order valence-corrected chi connectivity index (χ3v) is 8.32. The number of nitrogens with zero attached hydrogens (tertiary/aromatic N) is 5. The van der Waals surface area contributed by atoms with Crippen LogP contribution < -0.4 is 20.3 Å². The largest absolute Gasteiger partial charge is 0.454 e. The first-order valence-electron chi connectivity index (χ1n) is 13.2. The van der Waals surface area contributed by atoms with Crippen LogP contribution in [0.4, 0.5) is 49.6 Å². The first kappa shape index (κ1) is 32.1. The highest BCUT2D eigenvalue weighted by molar-refractivity contribution is 7.89. The van der Waals surface area contributed by atoms with Crippen molar-refractivity contribution < 1.29 is 39.5 Å². The first-order valence-corrected chi connectivity index (χ1v) is 14.8. The van der Waals surface area contributed by atoms with Crippen molar-refractivity contribution >= 4 is 33.3 Å². The number of hydrogen-bond acceptors (Lipinski definition) is 9. The lowest BCUT2D eigenvalue weighted by Crippen LogP contribution is -2.49. The van der Waals surface area contributed by atoms with E-state index in [9.17, 15) is 34.8 Å². The van der Waals surface area contributed by atoms with E-state index in [0.29, 0.717) is 32.6 Å². The second-order valence-corrected chi connectivity index (χ2v) is 11.7. The van der Waals surface area contributed by atoms with E-state index in [0.717, 1.165) is 29.4 Å². The van der Waals surface area contributed by atoms with Crippen molar-refractivity contribution in [3.8, 4) is 6.01 Å². The number of benzene rings is 2. The van der Waals surface area contributed by atoms with Crippen LogP contribution in [0.5, 0.6) is 6.01 Å². The third kappa shape index (κ3) is 9.31. The minimum absolute atomic E-state index is 0.0518. The lowest BCUT2D eigenvalue weighted by molar-refractivity contribution is -0.154. The van der Waals surface area contributed by atoms with Gasteiger partial charge >= 0.3 is 18.4 Å². The molecule has 3 aromatic rings. The molecule has 17 heteroatoms. The summed E-state index contributed by atoms with van der Waals surface area (Å²) in [5, 5.41) is 5.43. The Morgan fingerprint density at radius 2 is 1.60 bits per heavy atom. The molecule has 234 valence electrons. The molecule has 0 bridgehead atoms. The monoisotopic (exact) mass is 633 g/mol. The molecule has 1 aromatic heterocycles. The minimum Gasteiger partial charge on any atom is -0.454 e. The van der Waals surface area contributed by atoms with E-state index >= 15 is 0 Å². The van der Waals surface area contributed by atoms with E-state index in [1.807, 2.05) is 24.0 Å². The maximum absolute atomic E-state index is 13.1. The Kier molecular flexibility index (Phi) is 9.84. The van der Waals surface area contributed by atoms with E-state index in [1.54, 1.807) is 12.1 Å². The summed E-state index contributed by atoms with van der Waals surface area (Å²) in [7, 11) is -3.28. The van der Waals surface area contributed by atoms with Crippen molar-refractivity contribution in [3.63, 3.8) is 0 Å². The first-order chi connectivity index (χ1) is 20.2. The summed E-state index contributed by atoms with van der Waals surface area (Å²) in [6.07, 6.45) is -8.75. The summed E-state index contributed by atoms with van der Waals surface area (Å²) in [6, 6.07) is 10.8. The number of ether oxygens (including phenoxy) is 1. The highest BCUT2D eigenvalue weighted by Crippen LogP contribution is 2.31. The lowest BCUT2D eigenvalue weighted by Gasteiger charge is -2.35. The molecule has 10 nitrogen and oxygen atoms in total. The second kappa shape index (κ2) is 13.2. The molecule has 1 saturated heterocycles. The molecule has 1 fully saturated rings. The van der Waals surface area contributed by atoms with Crippen LogP contribution in [-0.4, -0.2) is 72.4 Å². The molecule has 1 aliphatic heterocycles. The number of nitrogens with one attached hydrogen (secondary N) is 2. The molecule has 43 heavy (non-hydrogen) atoms. The molecule has 2 heterocycles. The Balaban J connectivity index is 1.47. The zero-order chi connectivity index (χ0) is 31.3. The molecular formula is C26H29F6N7O3S. The molecule has 0 radical (unpaired) electrons. The quantitative estimate of drug-likeness (QED) is 0.280. The summed E-state index contributed by atoms with van der Waals surface area (Å²) in [6.45, 7) is 1.97.